The quantitative estimate of drug-likeness (QED) is 0.813. The maximum atomic E-state index is 12.5. The number of nitrogens with zero attached hydrogens (tertiary/aromatic N) is 3. The van der Waals surface area contributed by atoms with E-state index in [0.717, 1.165) is 11.4 Å². The molecule has 2 amide bonds. The SMILES string of the molecule is Cc1cc(C)n(CCNC(=O)C2CCN(c3ccccc3)C2=O)c(=O)n1. The van der Waals surface area contributed by atoms with E-state index in [9.17, 15) is 14.4 Å². The average Bonchev–Trinajstić information content (AvgIpc) is 2.99. The van der Waals surface area contributed by atoms with Crippen LogP contribution in [0.2, 0.25) is 0 Å². The lowest BCUT2D eigenvalue weighted by molar-refractivity contribution is -0.132. The van der Waals surface area contributed by atoms with E-state index >= 15 is 0 Å². The summed E-state index contributed by atoms with van der Waals surface area (Å²) in [7, 11) is 0. The number of amides is 2. The molecule has 0 bridgehead atoms. The van der Waals surface area contributed by atoms with Crippen molar-refractivity contribution in [3.63, 3.8) is 0 Å². The van der Waals surface area contributed by atoms with Gasteiger partial charge in [-0.05, 0) is 38.5 Å². The molecule has 0 saturated carbocycles. The summed E-state index contributed by atoms with van der Waals surface area (Å²) in [6.07, 6.45) is 0.491. The van der Waals surface area contributed by atoms with Crippen LogP contribution in [0.4, 0.5) is 5.69 Å². The van der Waals surface area contributed by atoms with Crippen LogP contribution in [0.3, 0.4) is 0 Å². The normalized spacial score (nSPS) is 16.8. The van der Waals surface area contributed by atoms with Crippen molar-refractivity contribution in [1.29, 1.82) is 0 Å². The number of benzene rings is 1. The number of carbonyl (C=O) groups excluding carboxylic acids is 2. The third-order valence-electron chi connectivity index (χ3n) is 4.57. The minimum atomic E-state index is -0.677. The lowest BCUT2D eigenvalue weighted by atomic mass is 10.1. The first kappa shape index (κ1) is 17.8. The smallest absolute Gasteiger partial charge is 0.348 e. The highest BCUT2D eigenvalue weighted by molar-refractivity contribution is 6.09. The molecule has 26 heavy (non-hydrogen) atoms. The fraction of sp³-hybridized carbons (Fsp3) is 0.368. The molecule has 136 valence electrons. The van der Waals surface area contributed by atoms with Gasteiger partial charge in [0.2, 0.25) is 11.8 Å². The summed E-state index contributed by atoms with van der Waals surface area (Å²) in [4.78, 5) is 42.4. The Hall–Kier alpha value is -2.96. The maximum Gasteiger partial charge on any atom is 0.348 e. The fourth-order valence-corrected chi connectivity index (χ4v) is 3.25. The number of rotatable bonds is 5. The Morgan fingerprint density at radius 3 is 2.65 bits per heavy atom. The van der Waals surface area contributed by atoms with Crippen LogP contribution in [-0.4, -0.2) is 34.5 Å². The van der Waals surface area contributed by atoms with Gasteiger partial charge in [-0.1, -0.05) is 18.2 Å². The van der Waals surface area contributed by atoms with Crippen LogP contribution in [0.25, 0.3) is 0 Å². The van der Waals surface area contributed by atoms with E-state index in [2.05, 4.69) is 10.3 Å². The minimum absolute atomic E-state index is 0.181. The minimum Gasteiger partial charge on any atom is -0.354 e. The van der Waals surface area contributed by atoms with Crippen molar-refractivity contribution in [2.45, 2.75) is 26.8 Å². The summed E-state index contributed by atoms with van der Waals surface area (Å²) in [5.74, 6) is -1.15. The van der Waals surface area contributed by atoms with Gasteiger partial charge in [0, 0.05) is 36.7 Å². The van der Waals surface area contributed by atoms with Gasteiger partial charge in [-0.15, -0.1) is 0 Å². The third-order valence-corrected chi connectivity index (χ3v) is 4.57. The van der Waals surface area contributed by atoms with Crippen LogP contribution < -0.4 is 15.9 Å². The first-order valence-corrected chi connectivity index (χ1v) is 8.66. The van der Waals surface area contributed by atoms with Crippen LogP contribution in [0, 0.1) is 19.8 Å². The zero-order valence-corrected chi connectivity index (χ0v) is 14.9. The van der Waals surface area contributed by atoms with E-state index < -0.39 is 5.92 Å². The topological polar surface area (TPSA) is 84.3 Å². The van der Waals surface area contributed by atoms with Gasteiger partial charge in [-0.2, -0.15) is 4.98 Å². The van der Waals surface area contributed by atoms with Gasteiger partial charge >= 0.3 is 5.69 Å². The Morgan fingerprint density at radius 1 is 1.23 bits per heavy atom. The molecular weight excluding hydrogens is 332 g/mol. The predicted octanol–water partition coefficient (Wildman–Crippen LogP) is 1.03. The van der Waals surface area contributed by atoms with Crippen molar-refractivity contribution >= 4 is 17.5 Å². The largest absolute Gasteiger partial charge is 0.354 e. The summed E-state index contributed by atoms with van der Waals surface area (Å²) < 4.78 is 1.51. The van der Waals surface area contributed by atoms with E-state index in [1.807, 2.05) is 43.3 Å². The lowest BCUT2D eigenvalue weighted by Crippen LogP contribution is -2.39. The molecule has 2 aromatic rings. The molecule has 0 spiro atoms. The Labute approximate surface area is 151 Å². The van der Waals surface area contributed by atoms with Crippen molar-refractivity contribution in [3.8, 4) is 0 Å². The molecule has 2 heterocycles. The molecule has 7 heteroatoms. The molecule has 1 fully saturated rings. The monoisotopic (exact) mass is 354 g/mol. The molecule has 3 rings (SSSR count). The Balaban J connectivity index is 1.58. The van der Waals surface area contributed by atoms with E-state index in [4.69, 9.17) is 0 Å². The van der Waals surface area contributed by atoms with E-state index in [1.54, 1.807) is 11.8 Å². The highest BCUT2D eigenvalue weighted by Gasteiger charge is 2.37. The van der Waals surface area contributed by atoms with Crippen LogP contribution >= 0.6 is 0 Å². The van der Waals surface area contributed by atoms with E-state index in [1.165, 1.54) is 4.57 Å². The maximum absolute atomic E-state index is 12.5. The molecule has 1 aliphatic rings. The Bertz CT molecular complexity index is 876. The molecule has 1 unspecified atom stereocenters. The average molecular weight is 354 g/mol. The predicted molar refractivity (Wildman–Crippen MR) is 97.9 cm³/mol. The Morgan fingerprint density at radius 2 is 1.96 bits per heavy atom. The van der Waals surface area contributed by atoms with Crippen LogP contribution in [0.5, 0.6) is 0 Å². The lowest BCUT2D eigenvalue weighted by Gasteiger charge is -2.16. The molecule has 7 nitrogen and oxygen atoms in total. The molecule has 0 aliphatic carbocycles. The van der Waals surface area contributed by atoms with E-state index in [-0.39, 0.29) is 24.0 Å². The zero-order valence-electron chi connectivity index (χ0n) is 14.9. The van der Waals surface area contributed by atoms with Crippen molar-refractivity contribution in [1.82, 2.24) is 14.9 Å². The highest BCUT2D eigenvalue weighted by atomic mass is 16.2. The number of hydrogen-bond donors (Lipinski definition) is 1. The van der Waals surface area contributed by atoms with Crippen molar-refractivity contribution in [3.05, 3.63) is 58.3 Å². The van der Waals surface area contributed by atoms with Crippen LogP contribution in [0.15, 0.2) is 41.2 Å². The van der Waals surface area contributed by atoms with E-state index in [0.29, 0.717) is 25.2 Å². The second-order valence-corrected chi connectivity index (χ2v) is 6.43. The molecule has 0 radical (unpaired) electrons. The van der Waals surface area contributed by atoms with Crippen LogP contribution in [-0.2, 0) is 16.1 Å². The fourth-order valence-electron chi connectivity index (χ4n) is 3.25. The molecule has 1 N–H and O–H groups in total. The summed E-state index contributed by atoms with van der Waals surface area (Å²) in [6, 6.07) is 11.2. The molecule has 1 saturated heterocycles. The number of hydrogen-bond acceptors (Lipinski definition) is 4. The summed E-state index contributed by atoms with van der Waals surface area (Å²) in [5, 5.41) is 2.77. The number of carbonyl (C=O) groups is 2. The Kier molecular flexibility index (Phi) is 5.16. The van der Waals surface area contributed by atoms with Gasteiger partial charge in [-0.25, -0.2) is 4.79 Å². The second kappa shape index (κ2) is 7.51. The zero-order chi connectivity index (χ0) is 18.7. The van der Waals surface area contributed by atoms with Gasteiger partial charge in [-0.3, -0.25) is 14.2 Å². The van der Waals surface area contributed by atoms with Crippen molar-refractivity contribution < 1.29 is 9.59 Å². The molecule has 1 aromatic carbocycles. The van der Waals surface area contributed by atoms with Gasteiger partial charge in [0.1, 0.15) is 5.92 Å². The summed E-state index contributed by atoms with van der Waals surface area (Å²) in [5.41, 5.74) is 1.94. The molecule has 1 aliphatic heterocycles. The number of aromatic nitrogens is 2. The number of aryl methyl sites for hydroxylation is 2. The molecular formula is C19H22N4O3. The summed E-state index contributed by atoms with van der Waals surface area (Å²) in [6.45, 7) is 4.73. The summed E-state index contributed by atoms with van der Waals surface area (Å²) >= 11 is 0. The van der Waals surface area contributed by atoms with Gasteiger partial charge in [0.25, 0.3) is 0 Å². The number of nitrogens with one attached hydrogen (secondary N) is 1. The molecule has 1 aromatic heterocycles. The first-order valence-electron chi connectivity index (χ1n) is 8.66. The second-order valence-electron chi connectivity index (χ2n) is 6.43. The van der Waals surface area contributed by atoms with Crippen LogP contribution in [0.1, 0.15) is 17.8 Å². The number of para-hydroxylation sites is 1. The van der Waals surface area contributed by atoms with Gasteiger partial charge in [0.15, 0.2) is 0 Å². The van der Waals surface area contributed by atoms with Crippen molar-refractivity contribution in [2.24, 2.45) is 5.92 Å². The standard InChI is InChI=1S/C19H22N4O3/c1-13-12-14(2)22(19(26)21-13)11-9-20-17(24)16-8-10-23(18(16)25)15-6-4-3-5-7-15/h3-7,12,16H,8-11H2,1-2H3,(H,20,24). The highest BCUT2D eigenvalue weighted by Crippen LogP contribution is 2.24. The van der Waals surface area contributed by atoms with Gasteiger partial charge in [0.05, 0.1) is 0 Å². The first-order chi connectivity index (χ1) is 12.5. The third kappa shape index (κ3) is 3.66. The van der Waals surface area contributed by atoms with Gasteiger partial charge < -0.3 is 10.2 Å². The number of anilines is 1. The molecule has 1 atom stereocenters. The van der Waals surface area contributed by atoms with Crippen molar-refractivity contribution in [2.75, 3.05) is 18.0 Å².